The van der Waals surface area contributed by atoms with Gasteiger partial charge < -0.3 is 5.32 Å². The van der Waals surface area contributed by atoms with E-state index in [0.29, 0.717) is 0 Å². The molecule has 0 spiro atoms. The summed E-state index contributed by atoms with van der Waals surface area (Å²) in [5.74, 6) is 0.916. The minimum absolute atomic E-state index is 0. The Kier molecular flexibility index (Phi) is 6.12. The Hall–Kier alpha value is -0.360. The topological polar surface area (TPSA) is 42.2 Å². The molecule has 0 aromatic carbocycles. The molecular formula is C8H11BrCl2N4. The van der Waals surface area contributed by atoms with Gasteiger partial charge in [0.05, 0.1) is 6.54 Å². The SMILES string of the molecule is CNCc1nnc2ccc(Br)cn12.Cl.Cl. The lowest BCUT2D eigenvalue weighted by Crippen LogP contribution is -2.08. The Morgan fingerprint density at radius 3 is 2.73 bits per heavy atom. The molecule has 2 aromatic heterocycles. The zero-order chi connectivity index (χ0) is 9.26. The van der Waals surface area contributed by atoms with Crippen LogP contribution in [0.1, 0.15) is 5.82 Å². The molecule has 0 atom stereocenters. The smallest absolute Gasteiger partial charge is 0.160 e. The second-order valence-corrected chi connectivity index (χ2v) is 3.64. The molecule has 15 heavy (non-hydrogen) atoms. The van der Waals surface area contributed by atoms with Crippen LogP contribution in [-0.2, 0) is 6.54 Å². The van der Waals surface area contributed by atoms with Crippen LogP contribution in [-0.4, -0.2) is 21.6 Å². The molecule has 0 aliphatic carbocycles. The molecule has 1 N–H and O–H groups in total. The summed E-state index contributed by atoms with van der Waals surface area (Å²) in [6.45, 7) is 0.720. The van der Waals surface area contributed by atoms with Crippen LogP contribution in [0.25, 0.3) is 5.65 Å². The predicted octanol–water partition coefficient (Wildman–Crippen LogP) is 2.05. The van der Waals surface area contributed by atoms with Gasteiger partial charge in [-0.3, -0.25) is 4.40 Å². The van der Waals surface area contributed by atoms with E-state index in [1.165, 1.54) is 0 Å². The van der Waals surface area contributed by atoms with Gasteiger partial charge in [0.15, 0.2) is 11.5 Å². The Labute approximate surface area is 108 Å². The number of fused-ring (bicyclic) bond motifs is 1. The molecule has 0 bridgehead atoms. The van der Waals surface area contributed by atoms with Gasteiger partial charge >= 0.3 is 0 Å². The first-order chi connectivity index (χ1) is 6.31. The lowest BCUT2D eigenvalue weighted by molar-refractivity contribution is 0.747. The minimum Gasteiger partial charge on any atom is -0.313 e. The van der Waals surface area contributed by atoms with Gasteiger partial charge in [-0.15, -0.1) is 35.0 Å². The maximum Gasteiger partial charge on any atom is 0.160 e. The summed E-state index contributed by atoms with van der Waals surface area (Å²) in [6.07, 6.45) is 1.96. The number of pyridine rings is 1. The van der Waals surface area contributed by atoms with E-state index in [1.807, 2.05) is 29.8 Å². The fourth-order valence-electron chi connectivity index (χ4n) is 1.19. The van der Waals surface area contributed by atoms with Crippen molar-refractivity contribution in [1.82, 2.24) is 19.9 Å². The lowest BCUT2D eigenvalue weighted by Gasteiger charge is -1.98. The molecule has 0 saturated carbocycles. The van der Waals surface area contributed by atoms with Crippen LogP contribution in [0.15, 0.2) is 22.8 Å². The normalized spacial score (nSPS) is 9.47. The Morgan fingerprint density at radius 2 is 2.07 bits per heavy atom. The van der Waals surface area contributed by atoms with E-state index >= 15 is 0 Å². The largest absolute Gasteiger partial charge is 0.313 e. The van der Waals surface area contributed by atoms with Crippen LogP contribution in [0.5, 0.6) is 0 Å². The van der Waals surface area contributed by atoms with Crippen molar-refractivity contribution in [2.45, 2.75) is 6.54 Å². The molecule has 0 fully saturated rings. The van der Waals surface area contributed by atoms with E-state index in [2.05, 4.69) is 31.4 Å². The number of nitrogens with zero attached hydrogens (tertiary/aromatic N) is 3. The summed E-state index contributed by atoms with van der Waals surface area (Å²) in [4.78, 5) is 0. The fraction of sp³-hybridized carbons (Fsp3) is 0.250. The van der Waals surface area contributed by atoms with Crippen molar-refractivity contribution in [2.75, 3.05) is 7.05 Å². The molecule has 0 unspecified atom stereocenters. The van der Waals surface area contributed by atoms with Crippen LogP contribution < -0.4 is 5.32 Å². The highest BCUT2D eigenvalue weighted by atomic mass is 79.9. The van der Waals surface area contributed by atoms with Gasteiger partial charge in [0.1, 0.15) is 0 Å². The number of aromatic nitrogens is 3. The summed E-state index contributed by atoms with van der Waals surface area (Å²) in [7, 11) is 1.89. The van der Waals surface area contributed by atoms with Crippen LogP contribution in [0.4, 0.5) is 0 Å². The van der Waals surface area contributed by atoms with E-state index in [0.717, 1.165) is 22.5 Å². The number of halogens is 3. The molecule has 4 nitrogen and oxygen atoms in total. The van der Waals surface area contributed by atoms with Gasteiger partial charge in [-0.05, 0) is 35.1 Å². The zero-order valence-electron chi connectivity index (χ0n) is 7.98. The highest BCUT2D eigenvalue weighted by Crippen LogP contribution is 2.11. The Bertz CT molecular complexity index is 431. The average molecular weight is 314 g/mol. The molecule has 0 radical (unpaired) electrons. The summed E-state index contributed by atoms with van der Waals surface area (Å²) < 4.78 is 2.98. The van der Waals surface area contributed by atoms with E-state index in [4.69, 9.17) is 0 Å². The number of hydrogen-bond acceptors (Lipinski definition) is 3. The van der Waals surface area contributed by atoms with Gasteiger partial charge in [0, 0.05) is 10.7 Å². The van der Waals surface area contributed by atoms with Crippen LogP contribution >= 0.6 is 40.7 Å². The molecule has 0 saturated heterocycles. The van der Waals surface area contributed by atoms with E-state index in [9.17, 15) is 0 Å². The molecule has 84 valence electrons. The number of hydrogen-bond donors (Lipinski definition) is 1. The first-order valence-electron chi connectivity index (χ1n) is 3.95. The van der Waals surface area contributed by atoms with E-state index < -0.39 is 0 Å². The highest BCUT2D eigenvalue weighted by molar-refractivity contribution is 9.10. The van der Waals surface area contributed by atoms with Crippen molar-refractivity contribution in [3.63, 3.8) is 0 Å². The van der Waals surface area contributed by atoms with Gasteiger partial charge in [0.2, 0.25) is 0 Å². The Morgan fingerprint density at radius 1 is 1.33 bits per heavy atom. The predicted molar refractivity (Wildman–Crippen MR) is 67.9 cm³/mol. The molecular weight excluding hydrogens is 303 g/mol. The summed E-state index contributed by atoms with van der Waals surface area (Å²) in [5, 5.41) is 11.1. The second kappa shape index (κ2) is 6.27. The number of rotatable bonds is 2. The van der Waals surface area contributed by atoms with Crippen molar-refractivity contribution in [1.29, 1.82) is 0 Å². The van der Waals surface area contributed by atoms with E-state index in [1.54, 1.807) is 0 Å². The maximum absolute atomic E-state index is 4.06. The Balaban J connectivity index is 0.000000980. The quantitative estimate of drug-likeness (QED) is 0.923. The van der Waals surface area contributed by atoms with Gasteiger partial charge in [-0.1, -0.05) is 0 Å². The third-order valence-corrected chi connectivity index (χ3v) is 2.24. The monoisotopic (exact) mass is 312 g/mol. The average Bonchev–Trinajstić information content (AvgIpc) is 2.49. The van der Waals surface area contributed by atoms with Crippen molar-refractivity contribution < 1.29 is 0 Å². The van der Waals surface area contributed by atoms with Crippen molar-refractivity contribution in [3.8, 4) is 0 Å². The summed E-state index contributed by atoms with van der Waals surface area (Å²) >= 11 is 3.41. The van der Waals surface area contributed by atoms with Crippen LogP contribution in [0, 0.1) is 0 Å². The van der Waals surface area contributed by atoms with Crippen LogP contribution in [0.2, 0.25) is 0 Å². The number of nitrogens with one attached hydrogen (secondary N) is 1. The van der Waals surface area contributed by atoms with Gasteiger partial charge in [0.25, 0.3) is 0 Å². The fourth-order valence-corrected chi connectivity index (χ4v) is 1.53. The highest BCUT2D eigenvalue weighted by Gasteiger charge is 2.03. The standard InChI is InChI=1S/C8H9BrN4.2ClH/c1-10-4-8-12-11-7-3-2-6(9)5-13(7)8;;/h2-3,5,10H,4H2,1H3;2*1H. The third-order valence-electron chi connectivity index (χ3n) is 1.77. The van der Waals surface area contributed by atoms with Crippen LogP contribution in [0.3, 0.4) is 0 Å². The summed E-state index contributed by atoms with van der Waals surface area (Å²) in [5.41, 5.74) is 0.869. The van der Waals surface area contributed by atoms with Gasteiger partial charge in [-0.2, -0.15) is 0 Å². The zero-order valence-corrected chi connectivity index (χ0v) is 11.2. The maximum atomic E-state index is 4.06. The first-order valence-corrected chi connectivity index (χ1v) is 4.74. The summed E-state index contributed by atoms with van der Waals surface area (Å²) in [6, 6.07) is 3.88. The molecule has 2 rings (SSSR count). The minimum atomic E-state index is 0. The van der Waals surface area contributed by atoms with E-state index in [-0.39, 0.29) is 24.8 Å². The molecule has 7 heteroatoms. The lowest BCUT2D eigenvalue weighted by atomic mass is 10.4. The van der Waals surface area contributed by atoms with Crippen molar-refractivity contribution in [2.24, 2.45) is 0 Å². The molecule has 0 amide bonds. The molecule has 2 aromatic rings. The molecule has 0 aliphatic heterocycles. The third kappa shape index (κ3) is 3.04. The molecule has 0 aliphatic rings. The van der Waals surface area contributed by atoms with Crippen molar-refractivity contribution >= 4 is 46.4 Å². The molecule has 2 heterocycles. The van der Waals surface area contributed by atoms with Crippen molar-refractivity contribution in [3.05, 3.63) is 28.6 Å². The second-order valence-electron chi connectivity index (χ2n) is 2.72. The van der Waals surface area contributed by atoms with Gasteiger partial charge in [-0.25, -0.2) is 0 Å². The first kappa shape index (κ1) is 14.6.